The van der Waals surface area contributed by atoms with Crippen molar-refractivity contribution >= 4 is 11.6 Å². The lowest BCUT2D eigenvalue weighted by molar-refractivity contribution is -0.890. The van der Waals surface area contributed by atoms with Crippen LogP contribution in [-0.2, 0) is 4.79 Å². The van der Waals surface area contributed by atoms with E-state index < -0.39 is 0 Å². The standard InChI is InChI=1S/C20H27N3O2/c1-22(2)17-12-10-16(11-13-17)19(23(3)4)14-21-20(24)15-25-18-8-6-5-7-9-18/h5-13,19H,14-15H2,1-4H3,(H,21,24)/p+1/t19-/m0/s1. The number of nitrogens with zero attached hydrogens (tertiary/aromatic N) is 1. The van der Waals surface area contributed by atoms with E-state index in [1.165, 1.54) is 10.5 Å². The summed E-state index contributed by atoms with van der Waals surface area (Å²) in [6.07, 6.45) is 0. The molecule has 0 bridgehead atoms. The van der Waals surface area contributed by atoms with Crippen LogP contribution >= 0.6 is 0 Å². The molecule has 0 heterocycles. The Kier molecular flexibility index (Phi) is 6.83. The molecular formula is C20H28N3O2+. The molecular weight excluding hydrogens is 314 g/mol. The molecule has 5 heteroatoms. The first-order chi connectivity index (χ1) is 12.0. The zero-order valence-electron chi connectivity index (χ0n) is 15.5. The van der Waals surface area contributed by atoms with Crippen LogP contribution in [0.15, 0.2) is 54.6 Å². The largest absolute Gasteiger partial charge is 0.484 e. The Morgan fingerprint density at radius 2 is 1.72 bits per heavy atom. The van der Waals surface area contributed by atoms with Crippen LogP contribution in [0.5, 0.6) is 5.75 Å². The van der Waals surface area contributed by atoms with E-state index in [1.54, 1.807) is 0 Å². The molecule has 0 saturated carbocycles. The van der Waals surface area contributed by atoms with Crippen molar-refractivity contribution in [2.75, 3.05) is 46.2 Å². The van der Waals surface area contributed by atoms with Crippen molar-refractivity contribution < 1.29 is 14.4 Å². The summed E-state index contributed by atoms with van der Waals surface area (Å²) in [6, 6.07) is 18.0. The van der Waals surface area contributed by atoms with Gasteiger partial charge in [0.2, 0.25) is 0 Å². The fraction of sp³-hybridized carbons (Fsp3) is 0.350. The third kappa shape index (κ3) is 5.80. The van der Waals surface area contributed by atoms with E-state index in [1.807, 2.05) is 44.4 Å². The maximum atomic E-state index is 12.1. The Morgan fingerprint density at radius 1 is 1.08 bits per heavy atom. The normalized spacial score (nSPS) is 11.9. The van der Waals surface area contributed by atoms with E-state index in [-0.39, 0.29) is 18.6 Å². The van der Waals surface area contributed by atoms with E-state index in [4.69, 9.17) is 4.74 Å². The molecule has 0 radical (unpaired) electrons. The van der Waals surface area contributed by atoms with Gasteiger partial charge in [-0.25, -0.2) is 0 Å². The van der Waals surface area contributed by atoms with Gasteiger partial charge in [-0.05, 0) is 24.3 Å². The van der Waals surface area contributed by atoms with E-state index in [0.717, 1.165) is 5.69 Å². The van der Waals surface area contributed by atoms with Crippen LogP contribution in [0.3, 0.4) is 0 Å². The maximum absolute atomic E-state index is 12.1. The summed E-state index contributed by atoms with van der Waals surface area (Å²) in [6.45, 7) is 0.597. The number of quaternary nitrogens is 1. The third-order valence-corrected chi connectivity index (χ3v) is 4.13. The van der Waals surface area contributed by atoms with Crippen molar-refractivity contribution in [3.63, 3.8) is 0 Å². The molecule has 1 amide bonds. The van der Waals surface area contributed by atoms with Gasteiger partial charge in [0.1, 0.15) is 11.8 Å². The van der Waals surface area contributed by atoms with Crippen molar-refractivity contribution in [3.05, 3.63) is 60.2 Å². The molecule has 25 heavy (non-hydrogen) atoms. The van der Waals surface area contributed by atoms with Gasteiger partial charge in [0.25, 0.3) is 5.91 Å². The highest BCUT2D eigenvalue weighted by Gasteiger charge is 2.19. The summed E-state index contributed by atoms with van der Waals surface area (Å²) >= 11 is 0. The first-order valence-electron chi connectivity index (χ1n) is 8.49. The molecule has 1 atom stereocenters. The summed E-state index contributed by atoms with van der Waals surface area (Å²) in [5, 5.41) is 2.98. The Balaban J connectivity index is 1.89. The summed E-state index contributed by atoms with van der Waals surface area (Å²) in [5.41, 5.74) is 2.37. The summed E-state index contributed by atoms with van der Waals surface area (Å²) in [4.78, 5) is 15.4. The number of ether oxygens (including phenoxy) is 1. The Hall–Kier alpha value is -2.53. The van der Waals surface area contributed by atoms with Crippen LogP contribution < -0.4 is 19.9 Å². The molecule has 0 spiro atoms. The fourth-order valence-electron chi connectivity index (χ4n) is 2.59. The van der Waals surface area contributed by atoms with Gasteiger partial charge in [-0.15, -0.1) is 0 Å². The number of likely N-dealkylation sites (N-methyl/N-ethyl adjacent to an activating group) is 1. The Bertz CT molecular complexity index is 654. The van der Waals surface area contributed by atoms with Crippen LogP contribution in [0.25, 0.3) is 0 Å². The Morgan fingerprint density at radius 3 is 2.28 bits per heavy atom. The van der Waals surface area contributed by atoms with Crippen LogP contribution in [0.4, 0.5) is 5.69 Å². The van der Waals surface area contributed by atoms with E-state index in [0.29, 0.717) is 12.3 Å². The first kappa shape index (κ1) is 18.8. The van der Waals surface area contributed by atoms with Crippen molar-refractivity contribution in [1.82, 2.24) is 5.32 Å². The van der Waals surface area contributed by atoms with Gasteiger partial charge in [0, 0.05) is 25.3 Å². The number of rotatable bonds is 8. The monoisotopic (exact) mass is 342 g/mol. The van der Waals surface area contributed by atoms with Gasteiger partial charge >= 0.3 is 0 Å². The second kappa shape index (κ2) is 9.08. The highest BCUT2D eigenvalue weighted by Crippen LogP contribution is 2.16. The topological polar surface area (TPSA) is 46.0 Å². The predicted molar refractivity (Wildman–Crippen MR) is 101 cm³/mol. The zero-order valence-corrected chi connectivity index (χ0v) is 15.5. The highest BCUT2D eigenvalue weighted by molar-refractivity contribution is 5.77. The number of anilines is 1. The minimum absolute atomic E-state index is 0.0268. The molecule has 0 aliphatic heterocycles. The van der Waals surface area contributed by atoms with Gasteiger partial charge in [0.15, 0.2) is 6.61 Å². The minimum atomic E-state index is -0.111. The fourth-order valence-corrected chi connectivity index (χ4v) is 2.59. The Labute approximate surface area is 150 Å². The van der Waals surface area contributed by atoms with Crippen molar-refractivity contribution in [2.45, 2.75) is 6.04 Å². The molecule has 0 aliphatic carbocycles. The SMILES string of the molecule is CN(C)c1ccc([C@H](CNC(=O)COc2ccccc2)[NH+](C)C)cc1. The molecule has 0 fully saturated rings. The second-order valence-corrected chi connectivity index (χ2v) is 6.52. The highest BCUT2D eigenvalue weighted by atomic mass is 16.5. The summed E-state index contributed by atoms with van der Waals surface area (Å²) in [5.74, 6) is 0.590. The lowest BCUT2D eigenvalue weighted by atomic mass is 10.1. The van der Waals surface area contributed by atoms with E-state index in [2.05, 4.69) is 48.6 Å². The number of amides is 1. The van der Waals surface area contributed by atoms with Crippen molar-refractivity contribution in [2.24, 2.45) is 0 Å². The second-order valence-electron chi connectivity index (χ2n) is 6.52. The summed E-state index contributed by atoms with van der Waals surface area (Å²) in [7, 11) is 8.24. The van der Waals surface area contributed by atoms with Crippen molar-refractivity contribution in [3.8, 4) is 5.75 Å². The first-order valence-corrected chi connectivity index (χ1v) is 8.49. The molecule has 2 rings (SSSR count). The lowest BCUT2D eigenvalue weighted by Crippen LogP contribution is -3.07. The molecule has 2 N–H and O–H groups in total. The maximum Gasteiger partial charge on any atom is 0.258 e. The minimum Gasteiger partial charge on any atom is -0.484 e. The number of para-hydroxylation sites is 1. The predicted octanol–water partition coefficient (Wildman–Crippen LogP) is 1.13. The number of benzene rings is 2. The number of carbonyl (C=O) groups excluding carboxylic acids is 1. The quantitative estimate of drug-likeness (QED) is 0.756. The molecule has 0 aliphatic rings. The van der Waals surface area contributed by atoms with Gasteiger partial charge in [-0.3, -0.25) is 4.79 Å². The van der Waals surface area contributed by atoms with E-state index >= 15 is 0 Å². The molecule has 0 aromatic heterocycles. The number of nitrogens with one attached hydrogen (secondary N) is 2. The van der Waals surface area contributed by atoms with Crippen LogP contribution in [-0.4, -0.2) is 47.2 Å². The van der Waals surface area contributed by atoms with Crippen LogP contribution in [0.2, 0.25) is 0 Å². The van der Waals surface area contributed by atoms with Crippen LogP contribution in [0.1, 0.15) is 11.6 Å². The van der Waals surface area contributed by atoms with Crippen molar-refractivity contribution in [1.29, 1.82) is 0 Å². The molecule has 134 valence electrons. The molecule has 0 unspecified atom stereocenters. The molecule has 5 nitrogen and oxygen atoms in total. The van der Waals surface area contributed by atoms with Gasteiger partial charge in [-0.1, -0.05) is 30.3 Å². The number of hydrogen-bond donors (Lipinski definition) is 2. The molecule has 0 saturated heterocycles. The third-order valence-electron chi connectivity index (χ3n) is 4.13. The smallest absolute Gasteiger partial charge is 0.258 e. The van der Waals surface area contributed by atoms with Gasteiger partial charge in [0.05, 0.1) is 20.6 Å². The zero-order chi connectivity index (χ0) is 18.2. The average molecular weight is 342 g/mol. The van der Waals surface area contributed by atoms with Gasteiger partial charge < -0.3 is 19.9 Å². The van der Waals surface area contributed by atoms with Gasteiger partial charge in [-0.2, -0.15) is 0 Å². The van der Waals surface area contributed by atoms with E-state index in [9.17, 15) is 4.79 Å². The summed E-state index contributed by atoms with van der Waals surface area (Å²) < 4.78 is 5.48. The number of hydrogen-bond acceptors (Lipinski definition) is 3. The lowest BCUT2D eigenvalue weighted by Gasteiger charge is -2.23. The number of carbonyl (C=O) groups is 1. The molecule has 2 aromatic carbocycles. The average Bonchev–Trinajstić information content (AvgIpc) is 2.61. The molecule has 2 aromatic rings. The van der Waals surface area contributed by atoms with Crippen LogP contribution in [0, 0.1) is 0 Å².